The van der Waals surface area contributed by atoms with Gasteiger partial charge in [0.05, 0.1) is 25.4 Å². The lowest BCUT2D eigenvalue weighted by molar-refractivity contribution is -0.138. The van der Waals surface area contributed by atoms with Gasteiger partial charge in [-0.15, -0.1) is 0 Å². The third-order valence-corrected chi connectivity index (χ3v) is 5.85. The number of amides is 1. The number of fused-ring (bicyclic) bond motifs is 1. The number of hydrogen-bond acceptors (Lipinski definition) is 6. The summed E-state index contributed by atoms with van der Waals surface area (Å²) in [5, 5.41) is 2.41. The molecule has 3 rings (SSSR count). The van der Waals surface area contributed by atoms with E-state index in [9.17, 15) is 26.4 Å². The zero-order valence-corrected chi connectivity index (χ0v) is 15.3. The molecule has 0 aromatic heterocycles. The summed E-state index contributed by atoms with van der Waals surface area (Å²) < 4.78 is 73.0. The Labute approximate surface area is 154 Å². The van der Waals surface area contributed by atoms with E-state index >= 15 is 0 Å². The second-order valence-electron chi connectivity index (χ2n) is 6.47. The average molecular weight is 408 g/mol. The Balaban J connectivity index is 1.79. The first-order valence-corrected chi connectivity index (χ1v) is 9.80. The molecule has 1 aromatic carbocycles. The summed E-state index contributed by atoms with van der Waals surface area (Å²) >= 11 is 0. The maximum Gasteiger partial charge on any atom is 0.416 e. The lowest BCUT2D eigenvalue weighted by atomic mass is 9.98. The van der Waals surface area contributed by atoms with E-state index in [1.807, 2.05) is 0 Å². The van der Waals surface area contributed by atoms with Crippen LogP contribution in [0.25, 0.3) is 0 Å². The van der Waals surface area contributed by atoms with Gasteiger partial charge in [0, 0.05) is 31.7 Å². The highest BCUT2D eigenvalue weighted by molar-refractivity contribution is 7.86. The molecule has 1 amide bonds. The molecule has 1 fully saturated rings. The minimum absolute atomic E-state index is 0.0339. The summed E-state index contributed by atoms with van der Waals surface area (Å²) in [6, 6.07) is 2.51. The number of nitrogens with one attached hydrogen (secondary N) is 1. The van der Waals surface area contributed by atoms with Crippen LogP contribution in [0.5, 0.6) is 0 Å². The standard InChI is InChI=1S/C16H19F3N2O5S/c1-25-27(23,24)9-11-8-21(2-3-26-11)7-10-4-12-13(6-20-15(12)22)14(5-10)16(17,18)19/h4-5,11H,2-3,6-9H2,1H3,(H,20,22)/t11-/m0/s1. The van der Waals surface area contributed by atoms with Crippen molar-refractivity contribution in [2.45, 2.75) is 25.4 Å². The molecule has 1 N–H and O–H groups in total. The molecule has 11 heteroatoms. The van der Waals surface area contributed by atoms with Crippen LogP contribution in [-0.4, -0.2) is 57.9 Å². The molecule has 1 aromatic rings. The Morgan fingerprint density at radius 2 is 2.11 bits per heavy atom. The van der Waals surface area contributed by atoms with E-state index in [-0.39, 0.29) is 43.1 Å². The number of morpholine rings is 1. The molecule has 0 bridgehead atoms. The summed E-state index contributed by atoms with van der Waals surface area (Å²) in [4.78, 5) is 13.6. The number of nitrogens with zero attached hydrogens (tertiary/aromatic N) is 1. The van der Waals surface area contributed by atoms with Crippen LogP contribution in [0.15, 0.2) is 12.1 Å². The lowest BCUT2D eigenvalue weighted by Gasteiger charge is -2.32. The third-order valence-electron chi connectivity index (χ3n) is 4.56. The van der Waals surface area contributed by atoms with Crippen molar-refractivity contribution >= 4 is 16.0 Å². The van der Waals surface area contributed by atoms with Crippen molar-refractivity contribution in [1.29, 1.82) is 0 Å². The van der Waals surface area contributed by atoms with E-state index in [1.54, 1.807) is 4.90 Å². The predicted molar refractivity (Wildman–Crippen MR) is 88.4 cm³/mol. The van der Waals surface area contributed by atoms with Gasteiger partial charge in [-0.25, -0.2) is 0 Å². The Bertz CT molecular complexity index is 841. The Hall–Kier alpha value is -1.69. The molecule has 0 aliphatic carbocycles. The number of alkyl halides is 3. The van der Waals surface area contributed by atoms with Crippen LogP contribution in [0.2, 0.25) is 0 Å². The van der Waals surface area contributed by atoms with E-state index in [2.05, 4.69) is 9.50 Å². The predicted octanol–water partition coefficient (Wildman–Crippen LogP) is 1.13. The van der Waals surface area contributed by atoms with Crippen LogP contribution >= 0.6 is 0 Å². The Kier molecular flexibility index (Phi) is 5.48. The lowest BCUT2D eigenvalue weighted by Crippen LogP contribution is -2.45. The molecule has 0 radical (unpaired) electrons. The summed E-state index contributed by atoms with van der Waals surface area (Å²) in [5.41, 5.74) is -0.484. The van der Waals surface area contributed by atoms with Gasteiger partial charge in [0.25, 0.3) is 16.0 Å². The quantitative estimate of drug-likeness (QED) is 0.736. The molecular weight excluding hydrogens is 389 g/mol. The molecular formula is C16H19F3N2O5S. The van der Waals surface area contributed by atoms with Crippen molar-refractivity contribution in [1.82, 2.24) is 10.2 Å². The van der Waals surface area contributed by atoms with E-state index in [1.165, 1.54) is 6.07 Å². The highest BCUT2D eigenvalue weighted by atomic mass is 32.2. The highest BCUT2D eigenvalue weighted by Crippen LogP contribution is 2.36. The molecule has 150 valence electrons. The number of ether oxygens (including phenoxy) is 1. The summed E-state index contributed by atoms with van der Waals surface area (Å²) in [6.45, 7) is 0.928. The molecule has 0 spiro atoms. The minimum Gasteiger partial charge on any atom is -0.374 e. The van der Waals surface area contributed by atoms with Crippen molar-refractivity contribution in [3.8, 4) is 0 Å². The maximum atomic E-state index is 13.4. The van der Waals surface area contributed by atoms with Gasteiger partial charge in [0.1, 0.15) is 5.75 Å². The summed E-state index contributed by atoms with van der Waals surface area (Å²) in [6.07, 6.45) is -5.20. The Morgan fingerprint density at radius 3 is 2.78 bits per heavy atom. The number of carbonyl (C=O) groups is 1. The zero-order valence-electron chi connectivity index (χ0n) is 14.5. The van der Waals surface area contributed by atoms with Gasteiger partial charge in [0.2, 0.25) is 0 Å². The fourth-order valence-electron chi connectivity index (χ4n) is 3.31. The number of rotatable bonds is 5. The van der Waals surface area contributed by atoms with Gasteiger partial charge in [-0.05, 0) is 23.3 Å². The number of carbonyl (C=O) groups excluding carboxylic acids is 1. The van der Waals surface area contributed by atoms with Crippen molar-refractivity contribution in [2.75, 3.05) is 32.6 Å². The largest absolute Gasteiger partial charge is 0.416 e. The van der Waals surface area contributed by atoms with Crippen LogP contribution in [-0.2, 0) is 38.3 Å². The van der Waals surface area contributed by atoms with Gasteiger partial charge in [-0.1, -0.05) is 0 Å². The Morgan fingerprint density at radius 1 is 1.37 bits per heavy atom. The van der Waals surface area contributed by atoms with E-state index in [0.29, 0.717) is 12.1 Å². The number of benzene rings is 1. The first-order chi connectivity index (χ1) is 12.6. The van der Waals surface area contributed by atoms with Crippen molar-refractivity contribution in [3.63, 3.8) is 0 Å². The second-order valence-corrected chi connectivity index (χ2v) is 8.25. The highest BCUT2D eigenvalue weighted by Gasteiger charge is 2.38. The monoisotopic (exact) mass is 408 g/mol. The molecule has 2 aliphatic rings. The molecule has 1 atom stereocenters. The molecule has 2 aliphatic heterocycles. The van der Waals surface area contributed by atoms with Gasteiger partial charge in [-0.3, -0.25) is 13.9 Å². The first-order valence-electron chi connectivity index (χ1n) is 8.22. The molecule has 1 saturated heterocycles. The van der Waals surface area contributed by atoms with Gasteiger partial charge in [0.15, 0.2) is 0 Å². The number of hydrogen-bond donors (Lipinski definition) is 1. The van der Waals surface area contributed by atoms with Gasteiger partial charge in [-0.2, -0.15) is 21.6 Å². The topological polar surface area (TPSA) is 84.9 Å². The molecule has 27 heavy (non-hydrogen) atoms. The minimum atomic E-state index is -4.56. The third kappa shape index (κ3) is 4.60. The zero-order chi connectivity index (χ0) is 19.8. The van der Waals surface area contributed by atoms with E-state index < -0.39 is 33.9 Å². The SMILES string of the molecule is COS(=O)(=O)C[C@@H]1CN(Cc2cc3c(c(C(F)(F)F)c2)CNC3=O)CCO1. The molecule has 7 nitrogen and oxygen atoms in total. The van der Waals surface area contributed by atoms with Crippen LogP contribution in [0.3, 0.4) is 0 Å². The summed E-state index contributed by atoms with van der Waals surface area (Å²) in [7, 11) is -2.65. The molecule has 0 unspecified atom stereocenters. The normalized spacial score (nSPS) is 21.2. The smallest absolute Gasteiger partial charge is 0.374 e. The fourth-order valence-corrected chi connectivity index (χ4v) is 4.10. The summed E-state index contributed by atoms with van der Waals surface area (Å²) in [5.74, 6) is -0.858. The van der Waals surface area contributed by atoms with Crippen LogP contribution < -0.4 is 5.32 Å². The van der Waals surface area contributed by atoms with Crippen LogP contribution in [0.4, 0.5) is 13.2 Å². The fraction of sp³-hybridized carbons (Fsp3) is 0.562. The molecule has 0 saturated carbocycles. The van der Waals surface area contributed by atoms with E-state index in [4.69, 9.17) is 4.74 Å². The van der Waals surface area contributed by atoms with Crippen molar-refractivity contribution in [2.24, 2.45) is 0 Å². The van der Waals surface area contributed by atoms with Crippen LogP contribution in [0.1, 0.15) is 27.0 Å². The van der Waals surface area contributed by atoms with Crippen molar-refractivity contribution in [3.05, 3.63) is 34.4 Å². The average Bonchev–Trinajstić information content (AvgIpc) is 2.94. The van der Waals surface area contributed by atoms with Crippen LogP contribution in [0, 0.1) is 0 Å². The maximum absolute atomic E-state index is 13.4. The first kappa shape index (κ1) is 20.1. The second kappa shape index (κ2) is 7.38. The number of halogens is 3. The van der Waals surface area contributed by atoms with Gasteiger partial charge >= 0.3 is 6.18 Å². The van der Waals surface area contributed by atoms with Crippen molar-refractivity contribution < 1.29 is 35.3 Å². The van der Waals surface area contributed by atoms with E-state index in [0.717, 1.165) is 13.2 Å². The molecule has 2 heterocycles. The van der Waals surface area contributed by atoms with Gasteiger partial charge < -0.3 is 10.1 Å².